The number of hydrogen-bond acceptors (Lipinski definition) is 8. The first-order valence-corrected chi connectivity index (χ1v) is 11.0. The third-order valence-corrected chi connectivity index (χ3v) is 6.19. The number of hydrogen-bond donors (Lipinski definition) is 1. The zero-order chi connectivity index (χ0) is 18.3. The van der Waals surface area contributed by atoms with Crippen LogP contribution >= 0.6 is 11.8 Å². The van der Waals surface area contributed by atoms with E-state index in [1.807, 2.05) is 6.26 Å². The number of nitrogens with zero attached hydrogens (tertiary/aromatic N) is 4. The van der Waals surface area contributed by atoms with Crippen molar-refractivity contribution in [2.45, 2.75) is 35.7 Å². The molecule has 0 fully saturated rings. The molecule has 1 N–H and O–H groups in total. The van der Waals surface area contributed by atoms with Crippen LogP contribution in [-0.2, 0) is 23.0 Å². The van der Waals surface area contributed by atoms with Gasteiger partial charge in [-0.2, -0.15) is 13.4 Å². The molecule has 1 aromatic heterocycles. The molecule has 26 heavy (non-hydrogen) atoms. The molecule has 2 aromatic rings. The maximum Gasteiger partial charge on any atom is 0.341 e. The van der Waals surface area contributed by atoms with E-state index >= 15 is 0 Å². The Balaban J connectivity index is 1.86. The van der Waals surface area contributed by atoms with Crippen LogP contribution in [0.3, 0.4) is 0 Å². The van der Waals surface area contributed by atoms with Crippen LogP contribution in [-0.4, -0.2) is 37.3 Å². The van der Waals surface area contributed by atoms with Gasteiger partial charge in [-0.05, 0) is 49.1 Å². The number of azo groups is 1. The lowest BCUT2D eigenvalue weighted by atomic mass is 9.91. The van der Waals surface area contributed by atoms with E-state index in [0.717, 1.165) is 43.6 Å². The molecule has 4 rings (SSSR count). The zero-order valence-corrected chi connectivity index (χ0v) is 15.8. The smallest absolute Gasteiger partial charge is 0.341 e. The number of anilines is 1. The highest BCUT2D eigenvalue weighted by molar-refractivity contribution is 7.98. The highest BCUT2D eigenvalue weighted by Crippen LogP contribution is 2.43. The Labute approximate surface area is 155 Å². The number of benzene rings is 1. The van der Waals surface area contributed by atoms with Gasteiger partial charge in [-0.3, -0.25) is 4.55 Å². The zero-order valence-electron chi connectivity index (χ0n) is 14.2. The van der Waals surface area contributed by atoms with Gasteiger partial charge in [0.15, 0.2) is 5.09 Å². The Bertz CT molecular complexity index is 982. The van der Waals surface area contributed by atoms with Gasteiger partial charge in [0.25, 0.3) is 10.1 Å². The summed E-state index contributed by atoms with van der Waals surface area (Å²) in [5, 5.41) is 8.57. The summed E-state index contributed by atoms with van der Waals surface area (Å²) in [6.45, 7) is 1.80. The van der Waals surface area contributed by atoms with Crippen molar-refractivity contribution in [3.8, 4) is 0 Å². The van der Waals surface area contributed by atoms with E-state index in [0.29, 0.717) is 17.1 Å². The molecular formula is C16H18N4O4S2. The summed E-state index contributed by atoms with van der Waals surface area (Å²) in [5.74, 6) is 0. The van der Waals surface area contributed by atoms with Gasteiger partial charge in [-0.1, -0.05) is 16.9 Å². The molecule has 10 heteroatoms. The van der Waals surface area contributed by atoms with Crippen molar-refractivity contribution >= 4 is 39.3 Å². The van der Waals surface area contributed by atoms with Crippen LogP contribution in [0, 0.1) is 0 Å². The van der Waals surface area contributed by atoms with Gasteiger partial charge in [0.05, 0.1) is 6.20 Å². The predicted octanol–water partition coefficient (Wildman–Crippen LogP) is 3.76. The van der Waals surface area contributed by atoms with Crippen LogP contribution < -0.4 is 4.90 Å². The first-order chi connectivity index (χ1) is 12.5. The largest absolute Gasteiger partial charge is 0.414 e. The maximum absolute atomic E-state index is 12.1. The number of thioether (sulfide) groups is 1. The summed E-state index contributed by atoms with van der Waals surface area (Å²) in [4.78, 5) is 6.03. The summed E-state index contributed by atoms with van der Waals surface area (Å²) >= 11 is 1.38. The van der Waals surface area contributed by atoms with Crippen molar-refractivity contribution in [2.75, 3.05) is 24.2 Å². The molecule has 2 aliphatic rings. The molecule has 0 bridgehead atoms. The van der Waals surface area contributed by atoms with Crippen LogP contribution in [0.5, 0.6) is 0 Å². The van der Waals surface area contributed by atoms with E-state index in [2.05, 4.69) is 20.1 Å². The minimum Gasteiger partial charge on any atom is -0.414 e. The number of oxazole rings is 1. The van der Waals surface area contributed by atoms with E-state index in [4.69, 9.17) is 4.42 Å². The minimum absolute atomic E-state index is 0.0450. The van der Waals surface area contributed by atoms with Gasteiger partial charge in [-0.25, -0.2) is 0 Å². The molecule has 3 heterocycles. The molecule has 0 radical (unpaired) electrons. The lowest BCUT2D eigenvalue weighted by Gasteiger charge is -2.37. The van der Waals surface area contributed by atoms with Gasteiger partial charge in [0.1, 0.15) is 10.6 Å². The third kappa shape index (κ3) is 3.12. The maximum atomic E-state index is 12.1. The van der Waals surface area contributed by atoms with Crippen molar-refractivity contribution in [3.63, 3.8) is 0 Å². The quantitative estimate of drug-likeness (QED) is 0.478. The van der Waals surface area contributed by atoms with Crippen molar-refractivity contribution in [3.05, 3.63) is 23.4 Å². The summed E-state index contributed by atoms with van der Waals surface area (Å²) in [6, 6.07) is 1.75. The second-order valence-electron chi connectivity index (χ2n) is 6.25. The lowest BCUT2D eigenvalue weighted by Crippen LogP contribution is -2.35. The monoisotopic (exact) mass is 394 g/mol. The van der Waals surface area contributed by atoms with Crippen molar-refractivity contribution < 1.29 is 17.4 Å². The summed E-state index contributed by atoms with van der Waals surface area (Å²) < 4.78 is 39.4. The van der Waals surface area contributed by atoms with Crippen molar-refractivity contribution in [2.24, 2.45) is 10.2 Å². The third-order valence-electron chi connectivity index (χ3n) is 4.63. The Kier molecular flexibility index (Phi) is 4.49. The van der Waals surface area contributed by atoms with Gasteiger partial charge < -0.3 is 9.32 Å². The fraction of sp³-hybridized carbons (Fsp3) is 0.438. The van der Waals surface area contributed by atoms with Gasteiger partial charge in [0.2, 0.25) is 0 Å². The summed E-state index contributed by atoms with van der Waals surface area (Å²) in [6.07, 6.45) is 6.65. The van der Waals surface area contributed by atoms with Crippen LogP contribution in [0.2, 0.25) is 0 Å². The SMILES string of the molecule is CSc1cnc(N=Nc2cc3c4c(c2S(=O)(=O)O)CCCN4CCC3)o1. The molecule has 0 saturated heterocycles. The molecular weight excluding hydrogens is 376 g/mol. The second kappa shape index (κ2) is 6.67. The fourth-order valence-electron chi connectivity index (χ4n) is 3.66. The van der Waals surface area contributed by atoms with Crippen LogP contribution in [0.4, 0.5) is 17.4 Å². The number of rotatable bonds is 4. The Morgan fingerprint density at radius 3 is 2.73 bits per heavy atom. The van der Waals surface area contributed by atoms with E-state index in [1.165, 1.54) is 18.0 Å². The molecule has 0 spiro atoms. The average Bonchev–Trinajstić information content (AvgIpc) is 3.07. The summed E-state index contributed by atoms with van der Waals surface area (Å²) in [5.41, 5.74) is 2.76. The number of aromatic nitrogens is 1. The van der Waals surface area contributed by atoms with E-state index in [9.17, 15) is 13.0 Å². The molecule has 8 nitrogen and oxygen atoms in total. The Morgan fingerprint density at radius 2 is 2.04 bits per heavy atom. The first kappa shape index (κ1) is 17.5. The van der Waals surface area contributed by atoms with E-state index in [-0.39, 0.29) is 16.6 Å². The lowest BCUT2D eigenvalue weighted by molar-refractivity contribution is 0.476. The molecule has 1 aromatic carbocycles. The molecule has 0 unspecified atom stereocenters. The molecule has 0 atom stereocenters. The Morgan fingerprint density at radius 1 is 1.27 bits per heavy atom. The van der Waals surface area contributed by atoms with Crippen molar-refractivity contribution in [1.82, 2.24) is 4.98 Å². The average molecular weight is 394 g/mol. The molecule has 0 aliphatic carbocycles. The van der Waals surface area contributed by atoms with Gasteiger partial charge in [0, 0.05) is 18.8 Å². The van der Waals surface area contributed by atoms with Crippen LogP contribution in [0.25, 0.3) is 0 Å². The highest BCUT2D eigenvalue weighted by Gasteiger charge is 2.32. The topological polar surface area (TPSA) is 108 Å². The molecule has 0 amide bonds. The highest BCUT2D eigenvalue weighted by atomic mass is 32.2. The second-order valence-corrected chi connectivity index (χ2v) is 8.42. The van der Waals surface area contributed by atoms with E-state index in [1.54, 1.807) is 6.07 Å². The first-order valence-electron chi connectivity index (χ1n) is 8.30. The summed E-state index contributed by atoms with van der Waals surface area (Å²) in [7, 11) is -4.44. The molecule has 138 valence electrons. The number of aryl methyl sites for hydroxylation is 1. The van der Waals surface area contributed by atoms with Gasteiger partial charge in [-0.15, -0.1) is 5.11 Å². The molecule has 0 saturated carbocycles. The normalized spacial score (nSPS) is 16.9. The van der Waals surface area contributed by atoms with Crippen LogP contribution in [0.15, 0.2) is 36.9 Å². The molecule has 2 aliphatic heterocycles. The standard InChI is InChI=1S/C16H18N4O4S2/c1-25-13-9-17-16(24-13)19-18-12-8-10-4-2-6-20-7-3-5-11(14(10)20)15(12)26(21,22)23/h8-9H,2-7H2,1H3,(H,21,22,23). The van der Waals surface area contributed by atoms with E-state index < -0.39 is 10.1 Å². The fourth-order valence-corrected chi connectivity index (χ4v) is 4.85. The predicted molar refractivity (Wildman–Crippen MR) is 97.6 cm³/mol. The Hall–Kier alpha value is -1.91. The van der Waals surface area contributed by atoms with Crippen molar-refractivity contribution in [1.29, 1.82) is 0 Å². The minimum atomic E-state index is -4.44. The van der Waals surface area contributed by atoms with Crippen LogP contribution in [0.1, 0.15) is 24.0 Å². The van der Waals surface area contributed by atoms with Gasteiger partial charge >= 0.3 is 6.01 Å².